The predicted octanol–water partition coefficient (Wildman–Crippen LogP) is 3.75. The van der Waals surface area contributed by atoms with Gasteiger partial charge in [0.2, 0.25) is 5.91 Å². The lowest BCUT2D eigenvalue weighted by Crippen LogP contribution is -2.42. The quantitative estimate of drug-likeness (QED) is 0.632. The Labute approximate surface area is 163 Å². The highest BCUT2D eigenvalue weighted by atomic mass is 32.2. The third kappa shape index (κ3) is 3.73. The van der Waals surface area contributed by atoms with Crippen molar-refractivity contribution in [2.24, 2.45) is 0 Å². The standard InChI is InChI=1S/C21H23N3O2S/c1-2-24-18-11-7-6-10-17(18)22-21(24)27-19(16-8-4-3-5-9-16)20(25)23-12-14-26-15-13-23/h3-11,19H,2,12-15H2,1H3/t19-/m1/s1. The van der Waals surface area contributed by atoms with Gasteiger partial charge in [0.25, 0.3) is 0 Å². The zero-order valence-electron chi connectivity index (χ0n) is 15.4. The average molecular weight is 382 g/mol. The highest BCUT2D eigenvalue weighted by molar-refractivity contribution is 8.00. The Kier molecular flexibility index (Phi) is 5.45. The summed E-state index contributed by atoms with van der Waals surface area (Å²) in [5, 5.41) is 0.570. The lowest BCUT2D eigenvalue weighted by molar-refractivity contribution is -0.134. The number of ether oxygens (including phenoxy) is 1. The number of aromatic nitrogens is 2. The summed E-state index contributed by atoms with van der Waals surface area (Å²) in [6, 6.07) is 18.1. The van der Waals surface area contributed by atoms with Gasteiger partial charge in [-0.25, -0.2) is 4.98 Å². The van der Waals surface area contributed by atoms with Crippen molar-refractivity contribution in [1.29, 1.82) is 0 Å². The van der Waals surface area contributed by atoms with E-state index in [-0.39, 0.29) is 11.2 Å². The smallest absolute Gasteiger partial charge is 0.240 e. The third-order valence-electron chi connectivity index (χ3n) is 4.81. The van der Waals surface area contributed by atoms with Gasteiger partial charge >= 0.3 is 0 Å². The summed E-state index contributed by atoms with van der Waals surface area (Å²) in [5.74, 6) is 0.129. The van der Waals surface area contributed by atoms with Crippen LogP contribution in [-0.2, 0) is 16.1 Å². The molecule has 0 bridgehead atoms. The van der Waals surface area contributed by atoms with E-state index >= 15 is 0 Å². The molecule has 3 aromatic rings. The number of carbonyl (C=O) groups is 1. The maximum Gasteiger partial charge on any atom is 0.240 e. The molecule has 0 radical (unpaired) electrons. The summed E-state index contributed by atoms with van der Waals surface area (Å²) in [6.07, 6.45) is 0. The molecule has 0 spiro atoms. The van der Waals surface area contributed by atoms with Gasteiger partial charge in [-0.3, -0.25) is 4.79 Å². The first kappa shape index (κ1) is 18.1. The van der Waals surface area contributed by atoms with Crippen molar-refractivity contribution in [1.82, 2.24) is 14.5 Å². The van der Waals surface area contributed by atoms with Gasteiger partial charge in [0.05, 0.1) is 24.2 Å². The molecule has 1 fully saturated rings. The van der Waals surface area contributed by atoms with Crippen molar-refractivity contribution < 1.29 is 9.53 Å². The van der Waals surface area contributed by atoms with Gasteiger partial charge in [-0.05, 0) is 24.6 Å². The van der Waals surface area contributed by atoms with Gasteiger partial charge in [0.15, 0.2) is 5.16 Å². The van der Waals surface area contributed by atoms with Crippen LogP contribution in [0.15, 0.2) is 59.8 Å². The van der Waals surface area contributed by atoms with Crippen LogP contribution in [0.3, 0.4) is 0 Å². The van der Waals surface area contributed by atoms with Crippen molar-refractivity contribution in [2.45, 2.75) is 23.9 Å². The molecule has 1 atom stereocenters. The van der Waals surface area contributed by atoms with Crippen molar-refractivity contribution >= 4 is 28.7 Å². The Morgan fingerprint density at radius 3 is 2.56 bits per heavy atom. The highest BCUT2D eigenvalue weighted by Crippen LogP contribution is 2.37. The lowest BCUT2D eigenvalue weighted by atomic mass is 10.1. The van der Waals surface area contributed by atoms with Crippen LogP contribution in [0.4, 0.5) is 0 Å². The van der Waals surface area contributed by atoms with Crippen molar-refractivity contribution in [3.63, 3.8) is 0 Å². The molecule has 6 heteroatoms. The number of fused-ring (bicyclic) bond motifs is 1. The van der Waals surface area contributed by atoms with E-state index < -0.39 is 0 Å². The summed E-state index contributed by atoms with van der Waals surface area (Å²) in [5.41, 5.74) is 3.08. The zero-order valence-corrected chi connectivity index (χ0v) is 16.2. The molecular weight excluding hydrogens is 358 g/mol. The number of amides is 1. The first-order valence-corrected chi connectivity index (χ1v) is 10.2. The summed E-state index contributed by atoms with van der Waals surface area (Å²) in [7, 11) is 0. The topological polar surface area (TPSA) is 47.4 Å². The lowest BCUT2D eigenvalue weighted by Gasteiger charge is -2.30. The molecule has 0 unspecified atom stereocenters. The number of benzene rings is 2. The number of morpholine rings is 1. The normalized spacial score (nSPS) is 15.8. The number of rotatable bonds is 5. The van der Waals surface area contributed by atoms with Gasteiger partial charge in [0.1, 0.15) is 5.25 Å². The Morgan fingerprint density at radius 2 is 1.81 bits per heavy atom. The van der Waals surface area contributed by atoms with Gasteiger partial charge < -0.3 is 14.2 Å². The number of nitrogens with zero attached hydrogens (tertiary/aromatic N) is 3. The van der Waals surface area contributed by atoms with E-state index in [0.717, 1.165) is 28.3 Å². The second kappa shape index (κ2) is 8.15. The molecule has 27 heavy (non-hydrogen) atoms. The Hall–Kier alpha value is -2.31. The predicted molar refractivity (Wildman–Crippen MR) is 108 cm³/mol. The molecule has 1 amide bonds. The van der Waals surface area contributed by atoms with E-state index in [1.54, 1.807) is 11.8 Å². The summed E-state index contributed by atoms with van der Waals surface area (Å²) < 4.78 is 7.60. The van der Waals surface area contributed by atoms with Gasteiger partial charge in [-0.1, -0.05) is 54.2 Å². The number of carbonyl (C=O) groups excluding carboxylic acids is 1. The molecule has 4 rings (SSSR count). The van der Waals surface area contributed by atoms with Crippen molar-refractivity contribution in [2.75, 3.05) is 26.3 Å². The first-order valence-electron chi connectivity index (χ1n) is 9.31. The summed E-state index contributed by atoms with van der Waals surface area (Å²) >= 11 is 1.54. The van der Waals surface area contributed by atoms with Crippen LogP contribution in [0, 0.1) is 0 Å². The fourth-order valence-corrected chi connectivity index (χ4v) is 4.65. The van der Waals surface area contributed by atoms with Crippen LogP contribution >= 0.6 is 11.8 Å². The molecular formula is C21H23N3O2S. The SMILES string of the molecule is CCn1c(S[C@@H](C(=O)N2CCOCC2)c2ccccc2)nc2ccccc21. The molecule has 1 saturated heterocycles. The fourth-order valence-electron chi connectivity index (χ4n) is 3.39. The van der Waals surface area contributed by atoms with Crippen LogP contribution in [0.2, 0.25) is 0 Å². The molecule has 2 aromatic carbocycles. The highest BCUT2D eigenvalue weighted by Gasteiger charge is 2.29. The molecule has 2 heterocycles. The third-order valence-corrected chi connectivity index (χ3v) is 6.04. The van der Waals surface area contributed by atoms with Gasteiger partial charge in [-0.2, -0.15) is 0 Å². The Bertz CT molecular complexity index is 920. The van der Waals surface area contributed by atoms with Crippen LogP contribution in [0.25, 0.3) is 11.0 Å². The number of para-hydroxylation sites is 2. The first-order chi connectivity index (χ1) is 13.3. The maximum absolute atomic E-state index is 13.3. The number of hydrogen-bond acceptors (Lipinski definition) is 4. The molecule has 1 aromatic heterocycles. The van der Waals surface area contributed by atoms with Crippen LogP contribution in [0.5, 0.6) is 0 Å². The van der Waals surface area contributed by atoms with E-state index in [0.29, 0.717) is 26.3 Å². The minimum absolute atomic E-state index is 0.129. The monoisotopic (exact) mass is 381 g/mol. The fraction of sp³-hybridized carbons (Fsp3) is 0.333. The molecule has 0 aliphatic carbocycles. The van der Waals surface area contributed by atoms with Crippen LogP contribution < -0.4 is 0 Å². The van der Waals surface area contributed by atoms with Crippen molar-refractivity contribution in [3.8, 4) is 0 Å². The number of hydrogen-bond donors (Lipinski definition) is 0. The minimum atomic E-state index is -0.314. The molecule has 1 aliphatic heterocycles. The van der Waals surface area contributed by atoms with Gasteiger partial charge in [0, 0.05) is 19.6 Å². The second-order valence-electron chi connectivity index (χ2n) is 6.47. The molecule has 0 saturated carbocycles. The van der Waals surface area contributed by atoms with E-state index in [9.17, 15) is 4.79 Å². The largest absolute Gasteiger partial charge is 0.378 e. The van der Waals surface area contributed by atoms with E-state index in [2.05, 4.69) is 17.6 Å². The Balaban J connectivity index is 1.70. The number of thioether (sulfide) groups is 1. The zero-order chi connectivity index (χ0) is 18.6. The molecule has 1 aliphatic rings. The Morgan fingerprint density at radius 1 is 1.11 bits per heavy atom. The van der Waals surface area contributed by atoms with E-state index in [1.165, 1.54) is 0 Å². The summed E-state index contributed by atoms with van der Waals surface area (Å²) in [6.45, 7) is 5.42. The van der Waals surface area contributed by atoms with Crippen LogP contribution in [0.1, 0.15) is 17.7 Å². The molecule has 5 nitrogen and oxygen atoms in total. The van der Waals surface area contributed by atoms with E-state index in [1.807, 2.05) is 53.4 Å². The number of imidazole rings is 1. The average Bonchev–Trinajstić information content (AvgIpc) is 3.10. The second-order valence-corrected chi connectivity index (χ2v) is 7.55. The van der Waals surface area contributed by atoms with Gasteiger partial charge in [-0.15, -0.1) is 0 Å². The minimum Gasteiger partial charge on any atom is -0.378 e. The van der Waals surface area contributed by atoms with E-state index in [4.69, 9.17) is 9.72 Å². The van der Waals surface area contributed by atoms with Crippen LogP contribution in [-0.4, -0.2) is 46.7 Å². The van der Waals surface area contributed by atoms with Crippen molar-refractivity contribution in [3.05, 3.63) is 60.2 Å². The molecule has 0 N–H and O–H groups in total. The maximum atomic E-state index is 13.3. The number of aryl methyl sites for hydroxylation is 1. The molecule has 140 valence electrons. The summed E-state index contributed by atoms with van der Waals surface area (Å²) in [4.78, 5) is 20.0.